The topological polar surface area (TPSA) is 45.5 Å². The normalized spacial score (nSPS) is 12.2. The monoisotopic (exact) mass is 366 g/mol. The van der Waals surface area contributed by atoms with Crippen LogP contribution in [0.1, 0.15) is 27.7 Å². The van der Waals surface area contributed by atoms with E-state index in [1.165, 1.54) is 17.7 Å². The van der Waals surface area contributed by atoms with Crippen LogP contribution in [0.3, 0.4) is 0 Å². The van der Waals surface area contributed by atoms with Gasteiger partial charge in [-0.2, -0.15) is 0 Å². The number of hydrogen-bond donors (Lipinski definition) is 1. The van der Waals surface area contributed by atoms with Crippen LogP contribution in [-0.2, 0) is 0 Å². The van der Waals surface area contributed by atoms with Gasteiger partial charge in [-0.3, -0.25) is 4.79 Å². The molecule has 3 rings (SSSR count). The fourth-order valence-corrected chi connectivity index (χ4v) is 2.89. The van der Waals surface area contributed by atoms with Crippen LogP contribution >= 0.6 is 0 Å². The highest BCUT2D eigenvalue weighted by atomic mass is 19.1. The van der Waals surface area contributed by atoms with Crippen LogP contribution in [0, 0.1) is 12.7 Å². The molecule has 2 aromatic carbocycles. The van der Waals surface area contributed by atoms with E-state index < -0.39 is 0 Å². The van der Waals surface area contributed by atoms with Crippen molar-refractivity contribution in [3.63, 3.8) is 0 Å². The standard InChI is InChI=1S/C22H23FN2O2/c1-15-4-6-16(7-5-15)19(25(2)3)14-24-22(26)21-13-12-20(27-21)17-8-10-18(23)11-9-17/h4-13,19H,14H2,1-3H3,(H,24,26). The molecule has 0 fully saturated rings. The molecular weight excluding hydrogens is 343 g/mol. The maximum Gasteiger partial charge on any atom is 0.287 e. The number of likely N-dealkylation sites (N-methyl/N-ethyl adjacent to an activating group) is 1. The van der Waals surface area contributed by atoms with E-state index in [4.69, 9.17) is 4.42 Å². The highest BCUT2D eigenvalue weighted by molar-refractivity contribution is 5.92. The Bertz CT molecular complexity index is 899. The third kappa shape index (κ3) is 4.63. The summed E-state index contributed by atoms with van der Waals surface area (Å²) in [6, 6.07) is 17.6. The Morgan fingerprint density at radius 1 is 1.04 bits per heavy atom. The number of benzene rings is 2. The summed E-state index contributed by atoms with van der Waals surface area (Å²) < 4.78 is 18.7. The Morgan fingerprint density at radius 2 is 1.70 bits per heavy atom. The van der Waals surface area contributed by atoms with Gasteiger partial charge in [-0.1, -0.05) is 29.8 Å². The number of furan rings is 1. The average molecular weight is 366 g/mol. The molecule has 1 amide bonds. The van der Waals surface area contributed by atoms with E-state index in [2.05, 4.69) is 34.5 Å². The smallest absolute Gasteiger partial charge is 0.287 e. The van der Waals surface area contributed by atoms with Gasteiger partial charge in [-0.15, -0.1) is 0 Å². The van der Waals surface area contributed by atoms with Crippen molar-refractivity contribution in [3.05, 3.63) is 83.4 Å². The van der Waals surface area contributed by atoms with Crippen LogP contribution in [0.25, 0.3) is 11.3 Å². The maximum absolute atomic E-state index is 13.0. The third-order valence-corrected chi connectivity index (χ3v) is 4.50. The lowest BCUT2D eigenvalue weighted by atomic mass is 10.0. The van der Waals surface area contributed by atoms with Gasteiger partial charge >= 0.3 is 0 Å². The Balaban J connectivity index is 1.67. The van der Waals surface area contributed by atoms with Crippen molar-refractivity contribution in [3.8, 4) is 11.3 Å². The van der Waals surface area contributed by atoms with Gasteiger partial charge < -0.3 is 14.6 Å². The van der Waals surface area contributed by atoms with Gasteiger partial charge in [0.15, 0.2) is 5.76 Å². The molecule has 1 atom stereocenters. The molecule has 0 aliphatic carbocycles. The zero-order chi connectivity index (χ0) is 19.4. The largest absolute Gasteiger partial charge is 0.451 e. The van der Waals surface area contributed by atoms with E-state index in [-0.39, 0.29) is 23.5 Å². The van der Waals surface area contributed by atoms with Crippen molar-refractivity contribution in [1.82, 2.24) is 10.2 Å². The van der Waals surface area contributed by atoms with Crippen LogP contribution in [0.5, 0.6) is 0 Å². The Labute approximate surface area is 158 Å². The van der Waals surface area contributed by atoms with E-state index in [1.54, 1.807) is 24.3 Å². The number of aryl methyl sites for hydroxylation is 1. The summed E-state index contributed by atoms with van der Waals surface area (Å²) in [5.41, 5.74) is 3.06. The van der Waals surface area contributed by atoms with Gasteiger partial charge in [0.1, 0.15) is 11.6 Å². The summed E-state index contributed by atoms with van der Waals surface area (Å²) in [4.78, 5) is 14.5. The fraction of sp³-hybridized carbons (Fsp3) is 0.227. The quantitative estimate of drug-likeness (QED) is 0.702. The summed E-state index contributed by atoms with van der Waals surface area (Å²) in [5, 5.41) is 2.93. The molecule has 5 heteroatoms. The maximum atomic E-state index is 13.0. The Kier molecular flexibility index (Phi) is 5.72. The summed E-state index contributed by atoms with van der Waals surface area (Å²) in [6.07, 6.45) is 0. The second-order valence-corrected chi connectivity index (χ2v) is 6.77. The molecular formula is C22H23FN2O2. The summed E-state index contributed by atoms with van der Waals surface area (Å²) in [5.74, 6) is 0.176. The Morgan fingerprint density at radius 3 is 2.33 bits per heavy atom. The molecule has 27 heavy (non-hydrogen) atoms. The molecule has 0 saturated heterocycles. The first-order valence-electron chi connectivity index (χ1n) is 8.81. The zero-order valence-corrected chi connectivity index (χ0v) is 15.7. The fourth-order valence-electron chi connectivity index (χ4n) is 2.89. The zero-order valence-electron chi connectivity index (χ0n) is 15.7. The minimum Gasteiger partial charge on any atom is -0.451 e. The molecule has 1 heterocycles. The minimum atomic E-state index is -0.311. The number of amides is 1. The van der Waals surface area contributed by atoms with Crippen LogP contribution in [0.2, 0.25) is 0 Å². The van der Waals surface area contributed by atoms with Gasteiger partial charge in [0, 0.05) is 12.1 Å². The van der Waals surface area contributed by atoms with E-state index in [1.807, 2.05) is 21.0 Å². The van der Waals surface area contributed by atoms with E-state index >= 15 is 0 Å². The van der Waals surface area contributed by atoms with Crippen molar-refractivity contribution in [2.45, 2.75) is 13.0 Å². The molecule has 1 aromatic heterocycles. The molecule has 0 aliphatic rings. The van der Waals surface area contributed by atoms with E-state index in [0.717, 1.165) is 11.1 Å². The predicted molar refractivity (Wildman–Crippen MR) is 104 cm³/mol. The lowest BCUT2D eigenvalue weighted by Crippen LogP contribution is -2.34. The molecule has 3 aromatic rings. The molecule has 0 spiro atoms. The molecule has 0 radical (unpaired) electrons. The van der Waals surface area contributed by atoms with Gasteiger partial charge in [0.05, 0.1) is 6.04 Å². The summed E-state index contributed by atoms with van der Waals surface area (Å²) in [7, 11) is 3.96. The van der Waals surface area contributed by atoms with Crippen LogP contribution in [-0.4, -0.2) is 31.4 Å². The van der Waals surface area contributed by atoms with Gasteiger partial charge in [0.25, 0.3) is 5.91 Å². The minimum absolute atomic E-state index is 0.0566. The first-order valence-corrected chi connectivity index (χ1v) is 8.81. The number of rotatable bonds is 6. The number of carbonyl (C=O) groups is 1. The molecule has 1 unspecified atom stereocenters. The molecule has 140 valence electrons. The number of nitrogens with one attached hydrogen (secondary N) is 1. The van der Waals surface area contributed by atoms with E-state index in [0.29, 0.717) is 12.3 Å². The number of hydrogen-bond acceptors (Lipinski definition) is 3. The molecule has 0 bridgehead atoms. The van der Waals surface area contributed by atoms with Crippen molar-refractivity contribution < 1.29 is 13.6 Å². The second-order valence-electron chi connectivity index (χ2n) is 6.77. The molecule has 4 nitrogen and oxygen atoms in total. The molecule has 0 aliphatic heterocycles. The van der Waals surface area contributed by atoms with Gasteiger partial charge in [-0.25, -0.2) is 4.39 Å². The highest BCUT2D eigenvalue weighted by Crippen LogP contribution is 2.23. The average Bonchev–Trinajstić information content (AvgIpc) is 3.14. The lowest BCUT2D eigenvalue weighted by molar-refractivity contribution is 0.0915. The van der Waals surface area contributed by atoms with E-state index in [9.17, 15) is 9.18 Å². The van der Waals surface area contributed by atoms with Crippen molar-refractivity contribution >= 4 is 5.91 Å². The van der Waals surface area contributed by atoms with Crippen molar-refractivity contribution in [1.29, 1.82) is 0 Å². The van der Waals surface area contributed by atoms with Crippen LogP contribution in [0.4, 0.5) is 4.39 Å². The van der Waals surface area contributed by atoms with Gasteiger partial charge in [-0.05, 0) is 63.0 Å². The molecule has 0 saturated carbocycles. The first-order chi connectivity index (χ1) is 12.9. The number of carbonyl (C=O) groups excluding carboxylic acids is 1. The van der Waals surface area contributed by atoms with Crippen LogP contribution in [0.15, 0.2) is 65.1 Å². The van der Waals surface area contributed by atoms with Crippen molar-refractivity contribution in [2.75, 3.05) is 20.6 Å². The lowest BCUT2D eigenvalue weighted by Gasteiger charge is -2.25. The highest BCUT2D eigenvalue weighted by Gasteiger charge is 2.18. The number of halogens is 1. The molecule has 1 N–H and O–H groups in total. The van der Waals surface area contributed by atoms with Gasteiger partial charge in [0.2, 0.25) is 0 Å². The predicted octanol–water partition coefficient (Wildman–Crippen LogP) is 4.43. The number of nitrogens with zero attached hydrogens (tertiary/aromatic N) is 1. The Hall–Kier alpha value is -2.92. The third-order valence-electron chi connectivity index (χ3n) is 4.50. The SMILES string of the molecule is Cc1ccc(C(CNC(=O)c2ccc(-c3ccc(F)cc3)o2)N(C)C)cc1. The van der Waals surface area contributed by atoms with Crippen molar-refractivity contribution in [2.24, 2.45) is 0 Å². The van der Waals surface area contributed by atoms with Crippen LogP contribution < -0.4 is 5.32 Å². The summed E-state index contributed by atoms with van der Waals surface area (Å²) in [6.45, 7) is 2.51. The first kappa shape index (κ1) is 18.9. The second kappa shape index (κ2) is 8.18. The summed E-state index contributed by atoms with van der Waals surface area (Å²) >= 11 is 0.